The zero-order chi connectivity index (χ0) is 21.1. The summed E-state index contributed by atoms with van der Waals surface area (Å²) in [6.45, 7) is 1.23. The second-order valence-corrected chi connectivity index (χ2v) is 6.61. The summed E-state index contributed by atoms with van der Waals surface area (Å²) in [6.07, 6.45) is 2.79. The number of hydrogen-bond donors (Lipinski definition) is 2. The first-order chi connectivity index (χ1) is 14.5. The summed E-state index contributed by atoms with van der Waals surface area (Å²) in [5.41, 5.74) is 2.04. The molecule has 0 spiro atoms. The smallest absolute Gasteiger partial charge is 0.264 e. The number of fused-ring (bicyclic) bond motifs is 1. The molecule has 0 aliphatic heterocycles. The van der Waals surface area contributed by atoms with E-state index in [1.54, 1.807) is 28.9 Å². The fourth-order valence-electron chi connectivity index (χ4n) is 3.01. The molecule has 0 fully saturated rings. The molecule has 2 heterocycles. The van der Waals surface area contributed by atoms with E-state index < -0.39 is 0 Å². The number of anilines is 2. The second-order valence-electron chi connectivity index (χ2n) is 6.61. The van der Waals surface area contributed by atoms with Crippen LogP contribution in [0.25, 0.3) is 16.7 Å². The number of amides is 2. The van der Waals surface area contributed by atoms with Crippen molar-refractivity contribution in [3.05, 3.63) is 77.5 Å². The molecular weight excluding hydrogens is 384 g/mol. The van der Waals surface area contributed by atoms with Crippen molar-refractivity contribution in [2.75, 3.05) is 10.6 Å². The van der Waals surface area contributed by atoms with Crippen LogP contribution in [0.1, 0.15) is 6.92 Å². The van der Waals surface area contributed by atoms with E-state index in [0.29, 0.717) is 22.4 Å². The van der Waals surface area contributed by atoms with Crippen molar-refractivity contribution in [2.24, 2.45) is 0 Å². The van der Waals surface area contributed by atoms with Crippen LogP contribution < -0.4 is 16.2 Å². The molecule has 2 N–H and O–H groups in total. The zero-order valence-electron chi connectivity index (χ0n) is 16.1. The van der Waals surface area contributed by atoms with Crippen molar-refractivity contribution in [3.8, 4) is 5.69 Å². The van der Waals surface area contributed by atoms with E-state index in [2.05, 4.69) is 20.7 Å². The molecule has 9 heteroatoms. The maximum Gasteiger partial charge on any atom is 0.264 e. The fourth-order valence-corrected chi connectivity index (χ4v) is 3.01. The molecule has 2 amide bonds. The Kier molecular flexibility index (Phi) is 5.08. The monoisotopic (exact) mass is 402 g/mol. The fraction of sp³-hybridized carbons (Fsp3) is 0.0952. The number of benzene rings is 2. The Labute approximate surface area is 171 Å². The summed E-state index contributed by atoms with van der Waals surface area (Å²) >= 11 is 0. The summed E-state index contributed by atoms with van der Waals surface area (Å²) in [7, 11) is 0. The van der Waals surface area contributed by atoms with Gasteiger partial charge in [-0.05, 0) is 36.4 Å². The highest BCUT2D eigenvalue weighted by Gasteiger charge is 2.13. The van der Waals surface area contributed by atoms with Gasteiger partial charge < -0.3 is 10.6 Å². The average molecular weight is 402 g/mol. The quantitative estimate of drug-likeness (QED) is 0.532. The minimum atomic E-state index is -0.374. The molecule has 0 aliphatic carbocycles. The average Bonchev–Trinajstić information content (AvgIpc) is 3.17. The molecule has 2 aromatic carbocycles. The van der Waals surface area contributed by atoms with Crippen LogP contribution in [0.3, 0.4) is 0 Å². The van der Waals surface area contributed by atoms with E-state index in [4.69, 9.17) is 0 Å². The van der Waals surface area contributed by atoms with E-state index in [-0.39, 0.29) is 23.9 Å². The minimum Gasteiger partial charge on any atom is -0.326 e. The lowest BCUT2D eigenvalue weighted by atomic mass is 10.2. The maximum atomic E-state index is 12.8. The molecule has 0 aliphatic rings. The lowest BCUT2D eigenvalue weighted by Crippen LogP contribution is -2.27. The van der Waals surface area contributed by atoms with Crippen molar-refractivity contribution < 1.29 is 9.59 Å². The van der Waals surface area contributed by atoms with Gasteiger partial charge in [0.1, 0.15) is 18.3 Å². The van der Waals surface area contributed by atoms with Crippen LogP contribution >= 0.6 is 0 Å². The summed E-state index contributed by atoms with van der Waals surface area (Å²) < 4.78 is 2.82. The lowest BCUT2D eigenvalue weighted by Gasteiger charge is -2.09. The maximum absolute atomic E-state index is 12.8. The van der Waals surface area contributed by atoms with Gasteiger partial charge in [-0.25, -0.2) is 9.67 Å². The van der Waals surface area contributed by atoms with Crippen molar-refractivity contribution in [3.63, 3.8) is 0 Å². The van der Waals surface area contributed by atoms with Crippen molar-refractivity contribution >= 4 is 34.2 Å². The van der Waals surface area contributed by atoms with Crippen LogP contribution in [-0.2, 0) is 16.1 Å². The molecule has 0 saturated carbocycles. The van der Waals surface area contributed by atoms with Gasteiger partial charge in [0.15, 0.2) is 5.65 Å². The van der Waals surface area contributed by atoms with E-state index in [1.807, 2.05) is 30.3 Å². The molecule has 0 bridgehead atoms. The van der Waals surface area contributed by atoms with E-state index in [9.17, 15) is 14.4 Å². The molecule has 30 heavy (non-hydrogen) atoms. The number of rotatable bonds is 5. The van der Waals surface area contributed by atoms with Crippen LogP contribution in [0.4, 0.5) is 11.4 Å². The third-order valence-corrected chi connectivity index (χ3v) is 4.36. The Balaban J connectivity index is 1.51. The lowest BCUT2D eigenvalue weighted by molar-refractivity contribution is -0.117. The largest absolute Gasteiger partial charge is 0.326 e. The molecule has 9 nitrogen and oxygen atoms in total. The Hall–Kier alpha value is -4.27. The van der Waals surface area contributed by atoms with Gasteiger partial charge in [0.25, 0.3) is 5.56 Å². The highest BCUT2D eigenvalue weighted by Crippen LogP contribution is 2.14. The summed E-state index contributed by atoms with van der Waals surface area (Å²) in [5.74, 6) is -0.550. The molecule has 4 aromatic rings. The van der Waals surface area contributed by atoms with E-state index >= 15 is 0 Å². The zero-order valence-corrected chi connectivity index (χ0v) is 16.1. The topological polar surface area (TPSA) is 111 Å². The Morgan fingerprint density at radius 3 is 2.30 bits per heavy atom. The summed E-state index contributed by atoms with van der Waals surface area (Å²) in [5, 5.41) is 9.95. The Morgan fingerprint density at radius 2 is 1.63 bits per heavy atom. The van der Waals surface area contributed by atoms with Crippen LogP contribution in [-0.4, -0.2) is 31.1 Å². The number of para-hydroxylation sites is 1. The molecule has 0 radical (unpaired) electrons. The first-order valence-electron chi connectivity index (χ1n) is 9.17. The molecule has 150 valence electrons. The van der Waals surface area contributed by atoms with Gasteiger partial charge >= 0.3 is 0 Å². The van der Waals surface area contributed by atoms with Gasteiger partial charge in [0.05, 0.1) is 11.9 Å². The van der Waals surface area contributed by atoms with Gasteiger partial charge in [-0.15, -0.1) is 0 Å². The van der Waals surface area contributed by atoms with Gasteiger partial charge in [-0.2, -0.15) is 5.10 Å². The predicted molar refractivity (Wildman–Crippen MR) is 113 cm³/mol. The van der Waals surface area contributed by atoms with Crippen molar-refractivity contribution in [2.45, 2.75) is 13.5 Å². The van der Waals surface area contributed by atoms with E-state index in [0.717, 1.165) is 5.69 Å². The highest BCUT2D eigenvalue weighted by atomic mass is 16.2. The third kappa shape index (κ3) is 3.95. The van der Waals surface area contributed by atoms with Crippen molar-refractivity contribution in [1.82, 2.24) is 19.3 Å². The molecule has 2 aromatic heterocycles. The van der Waals surface area contributed by atoms with Crippen molar-refractivity contribution in [1.29, 1.82) is 0 Å². The summed E-state index contributed by atoms with van der Waals surface area (Å²) in [6, 6.07) is 16.0. The Bertz CT molecular complexity index is 1280. The molecule has 0 saturated heterocycles. The molecule has 4 rings (SSSR count). The number of aromatic nitrogens is 4. The number of nitrogens with one attached hydrogen (secondary N) is 2. The van der Waals surface area contributed by atoms with Crippen LogP contribution in [0, 0.1) is 0 Å². The van der Waals surface area contributed by atoms with E-state index in [1.165, 1.54) is 24.0 Å². The Morgan fingerprint density at radius 1 is 0.967 bits per heavy atom. The van der Waals surface area contributed by atoms with Crippen LogP contribution in [0.2, 0.25) is 0 Å². The molecule has 0 atom stereocenters. The SMILES string of the molecule is CC(=O)Nc1ccc(NC(=O)Cn2cnc3c(cnn3-c3ccccc3)c2=O)cc1. The molecular formula is C21H18N6O3. The standard InChI is InChI=1S/C21H18N6O3/c1-14(28)24-15-7-9-16(10-8-15)25-19(29)12-26-13-22-20-18(21(26)30)11-23-27(20)17-5-3-2-4-6-17/h2-11,13H,12H2,1H3,(H,24,28)(H,25,29). The third-order valence-electron chi connectivity index (χ3n) is 4.36. The van der Waals surface area contributed by atoms with Crippen LogP contribution in [0.5, 0.6) is 0 Å². The number of hydrogen-bond acceptors (Lipinski definition) is 5. The molecule has 0 unspecified atom stereocenters. The number of nitrogens with zero attached hydrogens (tertiary/aromatic N) is 4. The van der Waals surface area contributed by atoms with Gasteiger partial charge in [0.2, 0.25) is 11.8 Å². The predicted octanol–water partition coefficient (Wildman–Crippen LogP) is 2.18. The highest BCUT2D eigenvalue weighted by molar-refractivity contribution is 5.92. The van der Waals surface area contributed by atoms with Crippen LogP contribution in [0.15, 0.2) is 71.9 Å². The first-order valence-corrected chi connectivity index (χ1v) is 9.17. The van der Waals surface area contributed by atoms with Gasteiger partial charge in [-0.3, -0.25) is 19.0 Å². The number of carbonyl (C=O) groups is 2. The minimum absolute atomic E-state index is 0.176. The number of carbonyl (C=O) groups excluding carboxylic acids is 2. The normalized spacial score (nSPS) is 10.7. The van der Waals surface area contributed by atoms with Gasteiger partial charge in [0, 0.05) is 18.3 Å². The summed E-state index contributed by atoms with van der Waals surface area (Å²) in [4.78, 5) is 40.5. The second kappa shape index (κ2) is 8.00. The first kappa shape index (κ1) is 19.1. The van der Waals surface area contributed by atoms with Gasteiger partial charge in [-0.1, -0.05) is 18.2 Å².